The van der Waals surface area contributed by atoms with E-state index >= 15 is 0 Å². The molecule has 2 aliphatic rings. The van der Waals surface area contributed by atoms with Crippen molar-refractivity contribution >= 4 is 0 Å². The van der Waals surface area contributed by atoms with Crippen LogP contribution in [0.1, 0.15) is 57.8 Å². The molecule has 4 N–H and O–H groups in total. The lowest BCUT2D eigenvalue weighted by molar-refractivity contribution is 0.0715. The maximum atomic E-state index is 3.23. The van der Waals surface area contributed by atoms with E-state index in [1.165, 1.54) is 64.3 Å². The van der Waals surface area contributed by atoms with E-state index in [0.29, 0.717) is 0 Å². The zero-order chi connectivity index (χ0) is 12.5. The summed E-state index contributed by atoms with van der Waals surface area (Å²) in [6.07, 6.45) is 12.4. The number of fused-ring (bicyclic) bond motifs is 2. The Morgan fingerprint density at radius 1 is 0.778 bits per heavy atom. The standard InChI is InChI=1S/C13H29N5/c1-2-4-6-10-14-15-16-17-18-11-7-9-13(12-18)8-5-3-1/h13-17H,1-12H2. The van der Waals surface area contributed by atoms with Crippen molar-refractivity contribution in [2.45, 2.75) is 57.8 Å². The maximum Gasteiger partial charge on any atom is 0.0173 e. The molecule has 2 atom stereocenters. The zero-order valence-corrected chi connectivity index (χ0v) is 11.5. The van der Waals surface area contributed by atoms with Gasteiger partial charge >= 0.3 is 0 Å². The fourth-order valence-electron chi connectivity index (χ4n) is 2.97. The van der Waals surface area contributed by atoms with Gasteiger partial charge in [-0.1, -0.05) is 32.1 Å². The monoisotopic (exact) mass is 255 g/mol. The molecule has 2 bridgehead atoms. The second-order valence-electron chi connectivity index (χ2n) is 5.65. The number of hydrogen-bond acceptors (Lipinski definition) is 5. The summed E-state index contributed by atoms with van der Waals surface area (Å²) in [5.74, 6) is 0.881. The summed E-state index contributed by atoms with van der Waals surface area (Å²) in [6, 6.07) is 0. The molecule has 0 aromatic rings. The highest BCUT2D eigenvalue weighted by Gasteiger charge is 2.19. The average Bonchev–Trinajstić information content (AvgIpc) is 2.40. The predicted octanol–water partition coefficient (Wildman–Crippen LogP) is 1.46. The zero-order valence-electron chi connectivity index (χ0n) is 11.5. The Morgan fingerprint density at radius 3 is 2.50 bits per heavy atom. The highest BCUT2D eigenvalue weighted by atomic mass is 15.8. The predicted molar refractivity (Wildman–Crippen MR) is 74.0 cm³/mol. The molecule has 2 aliphatic heterocycles. The highest BCUT2D eigenvalue weighted by Crippen LogP contribution is 2.21. The molecule has 2 rings (SSSR count). The number of hydrogen-bond donors (Lipinski definition) is 4. The average molecular weight is 255 g/mol. The van der Waals surface area contributed by atoms with Crippen molar-refractivity contribution in [2.75, 3.05) is 19.6 Å². The summed E-state index contributed by atoms with van der Waals surface area (Å²) < 4.78 is 0. The van der Waals surface area contributed by atoms with Crippen molar-refractivity contribution in [3.8, 4) is 0 Å². The van der Waals surface area contributed by atoms with Crippen molar-refractivity contribution in [3.63, 3.8) is 0 Å². The van der Waals surface area contributed by atoms with Gasteiger partial charge in [-0.2, -0.15) is 16.6 Å². The molecular weight excluding hydrogens is 226 g/mol. The van der Waals surface area contributed by atoms with Gasteiger partial charge in [-0.05, 0) is 31.6 Å². The SMILES string of the molecule is C1CCCCC2CCCN(C2)NNNNCCC1. The third-order valence-electron chi connectivity index (χ3n) is 4.05. The minimum atomic E-state index is 0.881. The lowest BCUT2D eigenvalue weighted by atomic mass is 9.93. The van der Waals surface area contributed by atoms with Crippen LogP contribution >= 0.6 is 0 Å². The van der Waals surface area contributed by atoms with Crippen molar-refractivity contribution in [1.29, 1.82) is 0 Å². The topological polar surface area (TPSA) is 51.4 Å². The van der Waals surface area contributed by atoms with Gasteiger partial charge in [0, 0.05) is 19.6 Å². The van der Waals surface area contributed by atoms with Crippen LogP contribution in [0.25, 0.3) is 0 Å². The minimum absolute atomic E-state index is 0.881. The van der Waals surface area contributed by atoms with Gasteiger partial charge in [-0.25, -0.2) is 10.4 Å². The van der Waals surface area contributed by atoms with Crippen molar-refractivity contribution in [2.24, 2.45) is 5.92 Å². The molecule has 5 nitrogen and oxygen atoms in total. The van der Waals surface area contributed by atoms with Gasteiger partial charge in [0.05, 0.1) is 0 Å². The van der Waals surface area contributed by atoms with Crippen LogP contribution in [0.2, 0.25) is 0 Å². The van der Waals surface area contributed by atoms with Crippen molar-refractivity contribution in [3.05, 3.63) is 0 Å². The summed E-state index contributed by atoms with van der Waals surface area (Å²) in [4.78, 5) is 0. The summed E-state index contributed by atoms with van der Waals surface area (Å²) in [6.45, 7) is 3.34. The summed E-state index contributed by atoms with van der Waals surface area (Å²) in [7, 11) is 0. The molecule has 2 unspecified atom stereocenters. The number of piperidine rings is 1. The number of rotatable bonds is 0. The van der Waals surface area contributed by atoms with Crippen LogP contribution in [0, 0.1) is 5.92 Å². The summed E-state index contributed by atoms with van der Waals surface area (Å²) >= 11 is 0. The van der Waals surface area contributed by atoms with E-state index in [2.05, 4.69) is 27.0 Å². The lowest BCUT2D eigenvalue weighted by Crippen LogP contribution is -2.58. The maximum absolute atomic E-state index is 3.23. The molecule has 2 heterocycles. The third kappa shape index (κ3) is 5.63. The van der Waals surface area contributed by atoms with Crippen LogP contribution in [-0.4, -0.2) is 24.6 Å². The summed E-state index contributed by atoms with van der Waals surface area (Å²) in [5, 5.41) is 2.29. The first-order chi connectivity index (χ1) is 8.95. The van der Waals surface area contributed by atoms with Crippen LogP contribution in [0.15, 0.2) is 0 Å². The molecule has 5 heteroatoms. The Hall–Kier alpha value is -0.200. The first-order valence-electron chi connectivity index (χ1n) is 7.68. The van der Waals surface area contributed by atoms with Gasteiger partial charge in [-0.15, -0.1) is 0 Å². The first kappa shape index (κ1) is 14.2. The summed E-state index contributed by atoms with van der Waals surface area (Å²) in [5.41, 5.74) is 12.4. The lowest BCUT2D eigenvalue weighted by Gasteiger charge is -2.33. The van der Waals surface area contributed by atoms with Crippen molar-refractivity contribution in [1.82, 2.24) is 27.0 Å². The molecule has 106 valence electrons. The quantitative estimate of drug-likeness (QED) is 0.528. The molecule has 0 radical (unpaired) electrons. The molecule has 0 aromatic heterocycles. The Kier molecular flexibility index (Phi) is 6.97. The molecule has 2 fully saturated rings. The van der Waals surface area contributed by atoms with Gasteiger partial charge in [-0.3, -0.25) is 0 Å². The fourth-order valence-corrected chi connectivity index (χ4v) is 2.97. The van der Waals surface area contributed by atoms with E-state index in [9.17, 15) is 0 Å². The smallest absolute Gasteiger partial charge is 0.0173 e. The Balaban J connectivity index is 1.72. The molecular formula is C13H29N5. The molecule has 0 amide bonds. The fraction of sp³-hybridized carbons (Fsp3) is 1.00. The second kappa shape index (κ2) is 8.82. The van der Waals surface area contributed by atoms with E-state index in [1.807, 2.05) is 0 Å². The molecule has 0 spiro atoms. The van der Waals surface area contributed by atoms with E-state index in [1.54, 1.807) is 0 Å². The minimum Gasteiger partial charge on any atom is -0.243 e. The van der Waals surface area contributed by atoms with Gasteiger partial charge in [0.2, 0.25) is 0 Å². The number of nitrogens with zero attached hydrogens (tertiary/aromatic N) is 1. The van der Waals surface area contributed by atoms with Crippen molar-refractivity contribution < 1.29 is 0 Å². The molecule has 0 saturated carbocycles. The van der Waals surface area contributed by atoms with Gasteiger partial charge in [0.1, 0.15) is 0 Å². The third-order valence-corrected chi connectivity index (χ3v) is 4.05. The Bertz CT molecular complexity index is 192. The molecule has 0 aliphatic carbocycles. The van der Waals surface area contributed by atoms with Crippen LogP contribution in [0.4, 0.5) is 0 Å². The molecule has 18 heavy (non-hydrogen) atoms. The molecule has 0 aromatic carbocycles. The largest absolute Gasteiger partial charge is 0.243 e. The van der Waals surface area contributed by atoms with Gasteiger partial charge < -0.3 is 0 Å². The van der Waals surface area contributed by atoms with Crippen LogP contribution in [0.5, 0.6) is 0 Å². The molecule has 2 saturated heterocycles. The van der Waals surface area contributed by atoms with E-state index in [0.717, 1.165) is 19.0 Å². The van der Waals surface area contributed by atoms with Gasteiger partial charge in [0.25, 0.3) is 0 Å². The van der Waals surface area contributed by atoms with E-state index in [4.69, 9.17) is 0 Å². The van der Waals surface area contributed by atoms with E-state index < -0.39 is 0 Å². The number of nitrogens with one attached hydrogen (secondary N) is 4. The van der Waals surface area contributed by atoms with Crippen LogP contribution in [-0.2, 0) is 0 Å². The van der Waals surface area contributed by atoms with Gasteiger partial charge in [0.15, 0.2) is 0 Å². The normalized spacial score (nSPS) is 33.3. The van der Waals surface area contributed by atoms with Crippen LogP contribution < -0.4 is 22.0 Å². The van der Waals surface area contributed by atoms with E-state index in [-0.39, 0.29) is 0 Å². The first-order valence-corrected chi connectivity index (χ1v) is 7.68. The van der Waals surface area contributed by atoms with Crippen LogP contribution in [0.3, 0.4) is 0 Å². The highest BCUT2D eigenvalue weighted by molar-refractivity contribution is 4.70. The second-order valence-corrected chi connectivity index (χ2v) is 5.65. The Morgan fingerprint density at radius 2 is 1.56 bits per heavy atom. The number of hydrazine groups is 4. The Labute approximate surface area is 111 Å².